The van der Waals surface area contributed by atoms with Gasteiger partial charge >= 0.3 is 0 Å². The zero-order chi connectivity index (χ0) is 26.1. The predicted octanol–water partition coefficient (Wildman–Crippen LogP) is 3.41. The number of nitrogens with zero attached hydrogens (tertiary/aromatic N) is 5. The lowest BCUT2D eigenvalue weighted by Gasteiger charge is -2.20. The zero-order valence-electron chi connectivity index (χ0n) is 19.7. The average molecular weight is 521 g/mol. The first kappa shape index (κ1) is 25.0. The second-order valence-corrected chi connectivity index (χ2v) is 9.61. The van der Waals surface area contributed by atoms with Crippen LogP contribution in [0, 0.1) is 12.7 Å². The van der Waals surface area contributed by atoms with E-state index in [0.717, 1.165) is 19.3 Å². The highest BCUT2D eigenvalue weighted by molar-refractivity contribution is 7.92. The Kier molecular flexibility index (Phi) is 6.63. The van der Waals surface area contributed by atoms with Gasteiger partial charge in [-0.25, -0.2) is 27.2 Å². The summed E-state index contributed by atoms with van der Waals surface area (Å²) in [5.74, 6) is -1.01. The molecule has 0 saturated heterocycles. The predicted molar refractivity (Wildman–Crippen MR) is 125 cm³/mol. The van der Waals surface area contributed by atoms with E-state index in [1.54, 1.807) is 37.3 Å². The molecule has 0 amide bonds. The minimum Gasteiger partial charge on any atom is -0.494 e. The molecule has 4 rings (SSSR count). The highest BCUT2D eigenvalue weighted by atomic mass is 32.2. The molecular formula is C22H22F2N6O5S. The smallest absolute Gasteiger partial charge is 0.243 e. The Balaban J connectivity index is 1.80. The number of anilines is 1. The number of rotatable bonds is 9. The van der Waals surface area contributed by atoms with Crippen molar-refractivity contribution in [2.75, 3.05) is 24.7 Å². The van der Waals surface area contributed by atoms with Crippen molar-refractivity contribution in [1.82, 2.24) is 24.7 Å². The minimum atomic E-state index is -4.42. The Labute approximate surface area is 205 Å². The molecule has 3 aromatic heterocycles. The molecule has 1 N–H and O–H groups in total. The summed E-state index contributed by atoms with van der Waals surface area (Å²) in [6.45, 7) is 2.71. The van der Waals surface area contributed by atoms with Crippen molar-refractivity contribution >= 4 is 16.0 Å². The van der Waals surface area contributed by atoms with Gasteiger partial charge in [0.25, 0.3) is 0 Å². The molecule has 0 unspecified atom stereocenters. The second-order valence-electron chi connectivity index (χ2n) is 7.89. The number of methoxy groups -OCH3 is 2. The van der Waals surface area contributed by atoms with Crippen molar-refractivity contribution in [3.63, 3.8) is 0 Å². The molecule has 0 saturated carbocycles. The standard InChI is InChI=1S/C22H22F2N6O5S/c1-13-8-9-17(35-13)19-27-28-21(30(19)18-15(33-3)6-5-7-16(18)34-4)29-36(31,32)12-22(2,24)20-25-10-14(23)11-26-20/h5-11H,12H2,1-4H3,(H,28,29)/t22-/m1/s1. The van der Waals surface area contributed by atoms with Crippen molar-refractivity contribution in [3.8, 4) is 28.8 Å². The largest absolute Gasteiger partial charge is 0.494 e. The highest BCUT2D eigenvalue weighted by Gasteiger charge is 2.37. The average Bonchev–Trinajstić information content (AvgIpc) is 3.43. The molecule has 1 atom stereocenters. The Morgan fingerprint density at radius 3 is 2.28 bits per heavy atom. The number of hydrogen-bond acceptors (Lipinski definition) is 9. The Hall–Kier alpha value is -4.07. The minimum absolute atomic E-state index is 0.133. The molecule has 0 aliphatic heterocycles. The molecule has 0 spiro atoms. The van der Waals surface area contributed by atoms with Crippen LogP contribution in [0.4, 0.5) is 14.7 Å². The molecule has 36 heavy (non-hydrogen) atoms. The quantitative estimate of drug-likeness (QED) is 0.352. The van der Waals surface area contributed by atoms with Crippen LogP contribution in [0.5, 0.6) is 11.5 Å². The third-order valence-corrected chi connectivity index (χ3v) is 6.46. The summed E-state index contributed by atoms with van der Waals surface area (Å²) < 4.78 is 74.8. The van der Waals surface area contributed by atoms with Crippen LogP contribution in [-0.4, -0.2) is 53.1 Å². The van der Waals surface area contributed by atoms with E-state index in [1.165, 1.54) is 18.8 Å². The first-order valence-corrected chi connectivity index (χ1v) is 12.1. The Morgan fingerprint density at radius 2 is 1.72 bits per heavy atom. The number of furan rings is 1. The number of sulfonamides is 1. The van der Waals surface area contributed by atoms with Gasteiger partial charge < -0.3 is 13.9 Å². The summed E-state index contributed by atoms with van der Waals surface area (Å²) in [4.78, 5) is 7.13. The topological polar surface area (TPSA) is 134 Å². The van der Waals surface area contributed by atoms with Crippen LogP contribution < -0.4 is 14.2 Å². The van der Waals surface area contributed by atoms with Gasteiger partial charge in [0.15, 0.2) is 23.1 Å². The van der Waals surface area contributed by atoms with Gasteiger partial charge in [-0.05, 0) is 38.1 Å². The molecule has 3 heterocycles. The fourth-order valence-corrected chi connectivity index (χ4v) is 4.83. The van der Waals surface area contributed by atoms with Gasteiger partial charge in [-0.15, -0.1) is 10.2 Å². The Morgan fingerprint density at radius 1 is 1.08 bits per heavy atom. The fourth-order valence-electron chi connectivity index (χ4n) is 3.51. The summed E-state index contributed by atoms with van der Waals surface area (Å²) in [5, 5.41) is 8.07. The second kappa shape index (κ2) is 9.53. The van der Waals surface area contributed by atoms with Crippen molar-refractivity contribution in [1.29, 1.82) is 0 Å². The third-order valence-electron chi connectivity index (χ3n) is 5.04. The first-order chi connectivity index (χ1) is 17.0. The van der Waals surface area contributed by atoms with Crippen LogP contribution in [0.2, 0.25) is 0 Å². The molecule has 0 aliphatic rings. The van der Waals surface area contributed by atoms with Crippen molar-refractivity contribution in [2.45, 2.75) is 19.5 Å². The number of alkyl halides is 1. The Bertz CT molecular complexity index is 1460. The third kappa shape index (κ3) is 4.98. The van der Waals surface area contributed by atoms with E-state index in [9.17, 15) is 12.8 Å². The van der Waals surface area contributed by atoms with Gasteiger partial charge in [-0.1, -0.05) is 6.07 Å². The number of nitrogens with one attached hydrogen (secondary N) is 1. The van der Waals surface area contributed by atoms with Crippen molar-refractivity contribution < 1.29 is 31.1 Å². The number of benzene rings is 1. The molecule has 1 aromatic carbocycles. The molecule has 14 heteroatoms. The molecule has 0 aliphatic carbocycles. The zero-order valence-corrected chi connectivity index (χ0v) is 20.5. The maximum absolute atomic E-state index is 15.3. The molecule has 0 radical (unpaired) electrons. The van der Waals surface area contributed by atoms with Crippen LogP contribution in [0.15, 0.2) is 47.1 Å². The lowest BCUT2D eigenvalue weighted by molar-refractivity contribution is 0.209. The van der Waals surface area contributed by atoms with E-state index in [2.05, 4.69) is 24.9 Å². The SMILES string of the molecule is COc1cccc(OC)c1-n1c(NS(=O)(=O)C[C@@](C)(F)c2ncc(F)cn2)nnc1-c1ccc(C)o1. The number of ether oxygens (including phenoxy) is 2. The van der Waals surface area contributed by atoms with Gasteiger partial charge in [0.1, 0.15) is 28.7 Å². The van der Waals surface area contributed by atoms with E-state index in [0.29, 0.717) is 17.3 Å². The summed E-state index contributed by atoms with van der Waals surface area (Å²) in [6.07, 6.45) is 1.50. The van der Waals surface area contributed by atoms with E-state index in [1.807, 2.05) is 0 Å². The van der Waals surface area contributed by atoms with Gasteiger partial charge in [-0.2, -0.15) is 0 Å². The molecule has 190 valence electrons. The van der Waals surface area contributed by atoms with Crippen LogP contribution in [0.3, 0.4) is 0 Å². The van der Waals surface area contributed by atoms with E-state index >= 15 is 4.39 Å². The summed E-state index contributed by atoms with van der Waals surface area (Å²) in [6, 6.07) is 8.30. The highest BCUT2D eigenvalue weighted by Crippen LogP contribution is 2.38. The fraction of sp³-hybridized carbons (Fsp3) is 0.273. The summed E-state index contributed by atoms with van der Waals surface area (Å²) in [7, 11) is -1.56. The molecule has 4 aromatic rings. The van der Waals surface area contributed by atoms with Gasteiger partial charge in [-0.3, -0.25) is 9.29 Å². The number of aromatic nitrogens is 5. The van der Waals surface area contributed by atoms with Crippen molar-refractivity contribution in [2.24, 2.45) is 0 Å². The van der Waals surface area contributed by atoms with E-state index in [-0.39, 0.29) is 23.2 Å². The normalized spacial score (nSPS) is 13.3. The first-order valence-electron chi connectivity index (χ1n) is 10.5. The maximum Gasteiger partial charge on any atom is 0.243 e. The molecular weight excluding hydrogens is 498 g/mol. The molecule has 0 bridgehead atoms. The van der Waals surface area contributed by atoms with E-state index < -0.39 is 33.1 Å². The van der Waals surface area contributed by atoms with Crippen LogP contribution >= 0.6 is 0 Å². The van der Waals surface area contributed by atoms with Crippen LogP contribution in [0.25, 0.3) is 17.3 Å². The number of halogens is 2. The van der Waals surface area contributed by atoms with Crippen LogP contribution in [0.1, 0.15) is 18.5 Å². The van der Waals surface area contributed by atoms with Crippen LogP contribution in [-0.2, 0) is 15.7 Å². The molecule has 0 fully saturated rings. The van der Waals surface area contributed by atoms with Gasteiger partial charge in [0, 0.05) is 0 Å². The lowest BCUT2D eigenvalue weighted by atomic mass is 10.1. The van der Waals surface area contributed by atoms with E-state index in [4.69, 9.17) is 13.9 Å². The van der Waals surface area contributed by atoms with Gasteiger partial charge in [0.05, 0.1) is 26.6 Å². The lowest BCUT2D eigenvalue weighted by Crippen LogP contribution is -2.33. The monoisotopic (exact) mass is 520 g/mol. The summed E-state index contributed by atoms with van der Waals surface area (Å²) >= 11 is 0. The van der Waals surface area contributed by atoms with Crippen molar-refractivity contribution in [3.05, 3.63) is 60.1 Å². The number of para-hydroxylation sites is 1. The maximum atomic E-state index is 15.3. The number of aryl methyl sites for hydroxylation is 1. The number of hydrogen-bond donors (Lipinski definition) is 1. The molecule has 11 nitrogen and oxygen atoms in total. The summed E-state index contributed by atoms with van der Waals surface area (Å²) in [5.41, 5.74) is -2.27. The van der Waals surface area contributed by atoms with Gasteiger partial charge in [0.2, 0.25) is 21.8 Å².